The van der Waals surface area contributed by atoms with Crippen LogP contribution >= 0.6 is 12.4 Å². The van der Waals surface area contributed by atoms with E-state index in [0.717, 1.165) is 11.1 Å². The highest BCUT2D eigenvalue weighted by Gasteiger charge is 2.19. The van der Waals surface area contributed by atoms with Crippen molar-refractivity contribution in [2.45, 2.75) is 12.3 Å². The molecule has 0 spiro atoms. The molecule has 94 valence electrons. The third-order valence-corrected chi connectivity index (χ3v) is 2.78. The summed E-state index contributed by atoms with van der Waals surface area (Å²) >= 11 is 0. The summed E-state index contributed by atoms with van der Waals surface area (Å²) in [5, 5.41) is 9.29. The zero-order valence-corrected chi connectivity index (χ0v) is 10.6. The van der Waals surface area contributed by atoms with Gasteiger partial charge < -0.3 is 5.11 Å². The minimum atomic E-state index is -0.778. The molecular formula is C15H15ClO2. The molecule has 0 saturated carbocycles. The van der Waals surface area contributed by atoms with Gasteiger partial charge in [0.15, 0.2) is 0 Å². The largest absolute Gasteiger partial charge is 0.481 e. The first kappa shape index (κ1) is 14.3. The van der Waals surface area contributed by atoms with E-state index in [1.165, 1.54) is 0 Å². The molecule has 0 aliphatic heterocycles. The molecular weight excluding hydrogens is 248 g/mol. The number of rotatable bonds is 4. The van der Waals surface area contributed by atoms with Gasteiger partial charge in [-0.15, -0.1) is 12.4 Å². The maximum atomic E-state index is 11.3. The minimum absolute atomic E-state index is 0. The Kier molecular flexibility index (Phi) is 5.40. The number of hydrogen-bond acceptors (Lipinski definition) is 1. The number of carboxylic acid groups (broad SMARTS) is 1. The molecule has 3 heteroatoms. The van der Waals surface area contributed by atoms with Crippen molar-refractivity contribution in [1.29, 1.82) is 0 Å². The van der Waals surface area contributed by atoms with E-state index < -0.39 is 11.9 Å². The molecule has 0 amide bonds. The van der Waals surface area contributed by atoms with Gasteiger partial charge in [-0.1, -0.05) is 60.7 Å². The molecule has 0 heterocycles. The lowest BCUT2D eigenvalue weighted by Gasteiger charge is -2.12. The fraction of sp³-hybridized carbons (Fsp3) is 0.133. The summed E-state index contributed by atoms with van der Waals surface area (Å²) in [4.78, 5) is 11.3. The zero-order chi connectivity index (χ0) is 12.1. The highest BCUT2D eigenvalue weighted by Crippen LogP contribution is 2.20. The molecule has 1 atom stereocenters. The number of halogens is 1. The summed E-state index contributed by atoms with van der Waals surface area (Å²) in [6, 6.07) is 19.1. The minimum Gasteiger partial charge on any atom is -0.481 e. The van der Waals surface area contributed by atoms with Crippen LogP contribution in [0.2, 0.25) is 0 Å². The summed E-state index contributed by atoms with van der Waals surface area (Å²) < 4.78 is 0. The van der Waals surface area contributed by atoms with Crippen LogP contribution in [0.4, 0.5) is 0 Å². The summed E-state index contributed by atoms with van der Waals surface area (Å²) in [5.74, 6) is -1.25. The first-order valence-corrected chi connectivity index (χ1v) is 5.59. The predicted molar refractivity (Wildman–Crippen MR) is 74.2 cm³/mol. The molecule has 0 bridgehead atoms. The van der Waals surface area contributed by atoms with Gasteiger partial charge in [0.25, 0.3) is 0 Å². The van der Waals surface area contributed by atoms with Gasteiger partial charge in [-0.25, -0.2) is 0 Å². The number of hydrogen-bond donors (Lipinski definition) is 1. The molecule has 0 aliphatic rings. The Labute approximate surface area is 113 Å². The van der Waals surface area contributed by atoms with Crippen molar-refractivity contribution in [1.82, 2.24) is 0 Å². The van der Waals surface area contributed by atoms with E-state index in [-0.39, 0.29) is 12.4 Å². The van der Waals surface area contributed by atoms with Crippen molar-refractivity contribution in [3.8, 4) is 0 Å². The van der Waals surface area contributed by atoms with E-state index in [2.05, 4.69) is 0 Å². The van der Waals surface area contributed by atoms with Crippen molar-refractivity contribution in [3.05, 3.63) is 71.8 Å². The lowest BCUT2D eigenvalue weighted by molar-refractivity contribution is -0.138. The molecule has 0 aromatic heterocycles. The van der Waals surface area contributed by atoms with Gasteiger partial charge in [0.05, 0.1) is 5.92 Å². The predicted octanol–water partition coefficient (Wildman–Crippen LogP) is 3.52. The van der Waals surface area contributed by atoms with E-state index in [0.29, 0.717) is 6.42 Å². The summed E-state index contributed by atoms with van der Waals surface area (Å²) in [7, 11) is 0. The highest BCUT2D eigenvalue weighted by atomic mass is 35.5. The Morgan fingerprint density at radius 1 is 0.944 bits per heavy atom. The summed E-state index contributed by atoms with van der Waals surface area (Å²) in [6.07, 6.45) is 0.528. The van der Waals surface area contributed by atoms with E-state index in [9.17, 15) is 9.90 Å². The first-order valence-electron chi connectivity index (χ1n) is 5.59. The smallest absolute Gasteiger partial charge is 0.311 e. The van der Waals surface area contributed by atoms with E-state index in [4.69, 9.17) is 0 Å². The monoisotopic (exact) mass is 262 g/mol. The van der Waals surface area contributed by atoms with Gasteiger partial charge in [0.2, 0.25) is 0 Å². The maximum Gasteiger partial charge on any atom is 0.311 e. The van der Waals surface area contributed by atoms with Gasteiger partial charge in [-0.2, -0.15) is 0 Å². The molecule has 1 N–H and O–H groups in total. The average Bonchev–Trinajstić information content (AvgIpc) is 2.38. The Morgan fingerprint density at radius 2 is 1.44 bits per heavy atom. The third kappa shape index (κ3) is 3.60. The van der Waals surface area contributed by atoms with Crippen LogP contribution < -0.4 is 0 Å². The Balaban J connectivity index is 0.00000162. The highest BCUT2D eigenvalue weighted by molar-refractivity contribution is 5.85. The standard InChI is InChI=1S/C15H14O2.ClH/c16-15(17)14(13-9-5-2-6-10-13)11-12-7-3-1-4-8-12;/h1-10,14H,11H2,(H,16,17);1H. The molecule has 2 nitrogen and oxygen atoms in total. The first-order chi connectivity index (χ1) is 8.27. The number of benzene rings is 2. The summed E-state index contributed by atoms with van der Waals surface area (Å²) in [5.41, 5.74) is 1.90. The van der Waals surface area contributed by atoms with Crippen LogP contribution in [0.15, 0.2) is 60.7 Å². The van der Waals surface area contributed by atoms with Crippen LogP contribution in [-0.4, -0.2) is 11.1 Å². The SMILES string of the molecule is Cl.O=C(O)C(Cc1ccccc1)c1ccccc1. The molecule has 2 aromatic rings. The molecule has 0 radical (unpaired) electrons. The lowest BCUT2D eigenvalue weighted by atomic mass is 9.92. The fourth-order valence-electron chi connectivity index (χ4n) is 1.88. The zero-order valence-electron chi connectivity index (χ0n) is 9.82. The Bertz CT molecular complexity index is 482. The number of carboxylic acids is 1. The van der Waals surface area contributed by atoms with Crippen LogP contribution in [0.5, 0.6) is 0 Å². The van der Waals surface area contributed by atoms with E-state index >= 15 is 0 Å². The van der Waals surface area contributed by atoms with Gasteiger partial charge >= 0.3 is 5.97 Å². The van der Waals surface area contributed by atoms with Crippen molar-refractivity contribution in [2.24, 2.45) is 0 Å². The van der Waals surface area contributed by atoms with Gasteiger partial charge in [0, 0.05) is 0 Å². The van der Waals surface area contributed by atoms with Crippen molar-refractivity contribution in [2.75, 3.05) is 0 Å². The third-order valence-electron chi connectivity index (χ3n) is 2.78. The van der Waals surface area contributed by atoms with Crippen LogP contribution in [0.1, 0.15) is 17.0 Å². The fourth-order valence-corrected chi connectivity index (χ4v) is 1.88. The average molecular weight is 263 g/mol. The lowest BCUT2D eigenvalue weighted by Crippen LogP contribution is -2.14. The quantitative estimate of drug-likeness (QED) is 0.915. The molecule has 0 saturated heterocycles. The van der Waals surface area contributed by atoms with Crippen molar-refractivity contribution < 1.29 is 9.90 Å². The van der Waals surface area contributed by atoms with Crippen molar-refractivity contribution >= 4 is 18.4 Å². The van der Waals surface area contributed by atoms with E-state index in [1.807, 2.05) is 60.7 Å². The molecule has 0 fully saturated rings. The summed E-state index contributed by atoms with van der Waals surface area (Å²) in [6.45, 7) is 0. The van der Waals surface area contributed by atoms with Gasteiger partial charge in [-0.3, -0.25) is 4.79 Å². The number of aliphatic carboxylic acids is 1. The Hall–Kier alpha value is -1.80. The topological polar surface area (TPSA) is 37.3 Å². The van der Waals surface area contributed by atoms with E-state index in [1.54, 1.807) is 0 Å². The molecule has 2 rings (SSSR count). The Morgan fingerprint density at radius 3 is 1.94 bits per heavy atom. The molecule has 0 aliphatic carbocycles. The second-order valence-electron chi connectivity index (χ2n) is 3.99. The molecule has 18 heavy (non-hydrogen) atoms. The maximum absolute atomic E-state index is 11.3. The van der Waals surface area contributed by atoms with Gasteiger partial charge in [-0.05, 0) is 17.5 Å². The van der Waals surface area contributed by atoms with Crippen LogP contribution in [-0.2, 0) is 11.2 Å². The van der Waals surface area contributed by atoms with Crippen LogP contribution in [0, 0.1) is 0 Å². The molecule has 1 unspecified atom stereocenters. The molecule has 2 aromatic carbocycles. The second-order valence-corrected chi connectivity index (χ2v) is 3.99. The van der Waals surface area contributed by atoms with Crippen LogP contribution in [0.3, 0.4) is 0 Å². The second kappa shape index (κ2) is 6.82. The normalized spacial score (nSPS) is 11.3. The number of carbonyl (C=O) groups is 1. The van der Waals surface area contributed by atoms with Crippen LogP contribution in [0.25, 0.3) is 0 Å². The van der Waals surface area contributed by atoms with Gasteiger partial charge in [0.1, 0.15) is 0 Å². The van der Waals surface area contributed by atoms with Crippen molar-refractivity contribution in [3.63, 3.8) is 0 Å².